The number of carbonyl (C=O) groups excluding carboxylic acids is 1. The zero-order valence-electron chi connectivity index (χ0n) is 15.3. The quantitative estimate of drug-likeness (QED) is 0.661. The van der Waals surface area contributed by atoms with E-state index < -0.39 is 0 Å². The predicted octanol–water partition coefficient (Wildman–Crippen LogP) is 4.94. The van der Waals surface area contributed by atoms with Gasteiger partial charge in [0.1, 0.15) is 0 Å². The molecule has 4 nitrogen and oxygen atoms in total. The third kappa shape index (κ3) is 2.32. The summed E-state index contributed by atoms with van der Waals surface area (Å²) in [6, 6.07) is 9.99. The lowest BCUT2D eigenvalue weighted by Crippen LogP contribution is -2.51. The second kappa shape index (κ2) is 5.51. The molecule has 7 rings (SSSR count). The Balaban J connectivity index is 1.42. The summed E-state index contributed by atoms with van der Waals surface area (Å²) in [5, 5.41) is 5.32. The van der Waals surface area contributed by atoms with E-state index in [0.29, 0.717) is 0 Å². The van der Waals surface area contributed by atoms with Gasteiger partial charge >= 0.3 is 0 Å². The minimum absolute atomic E-state index is 0.146. The van der Waals surface area contributed by atoms with Gasteiger partial charge in [-0.15, -0.1) is 0 Å². The number of amides is 1. The molecule has 1 aromatic carbocycles. The third-order valence-corrected chi connectivity index (χ3v) is 7.23. The fourth-order valence-electron chi connectivity index (χ4n) is 6.52. The standard InChI is InChI=1S/C23H23N3O/c27-22(23-11-14-7-15(12-23)9-16(8-14)13-23)26-19-10-17-3-1-5-24-20(17)21-18(19)4-2-6-25-21/h1-6,10,14-16H,7-9,11-13H2,(H,26,27). The van der Waals surface area contributed by atoms with E-state index in [1.54, 1.807) is 12.4 Å². The van der Waals surface area contributed by atoms with Crippen LogP contribution in [0.3, 0.4) is 0 Å². The number of benzene rings is 1. The number of nitrogens with zero attached hydrogens (tertiary/aromatic N) is 2. The van der Waals surface area contributed by atoms with Crippen molar-refractivity contribution in [2.75, 3.05) is 5.32 Å². The summed E-state index contributed by atoms with van der Waals surface area (Å²) < 4.78 is 0. The van der Waals surface area contributed by atoms with Gasteiger partial charge in [-0.1, -0.05) is 6.07 Å². The minimum atomic E-state index is -0.146. The molecule has 0 saturated heterocycles. The van der Waals surface area contributed by atoms with Crippen molar-refractivity contribution in [3.05, 3.63) is 42.7 Å². The van der Waals surface area contributed by atoms with E-state index >= 15 is 0 Å². The molecule has 136 valence electrons. The molecule has 4 aliphatic rings. The van der Waals surface area contributed by atoms with E-state index in [4.69, 9.17) is 0 Å². The Hall–Kier alpha value is -2.49. The van der Waals surface area contributed by atoms with Crippen molar-refractivity contribution >= 4 is 33.4 Å². The first-order chi connectivity index (χ1) is 13.2. The summed E-state index contributed by atoms with van der Waals surface area (Å²) >= 11 is 0. The highest BCUT2D eigenvalue weighted by Gasteiger charge is 2.54. The van der Waals surface area contributed by atoms with E-state index in [2.05, 4.69) is 21.4 Å². The van der Waals surface area contributed by atoms with Gasteiger partial charge in [-0.2, -0.15) is 0 Å². The van der Waals surface area contributed by atoms with Gasteiger partial charge in [0.05, 0.1) is 22.1 Å². The number of nitrogens with one attached hydrogen (secondary N) is 1. The Bertz CT molecular complexity index is 1040. The van der Waals surface area contributed by atoms with Crippen LogP contribution in [0.25, 0.3) is 21.8 Å². The SMILES string of the molecule is O=C(Nc1cc2cccnc2c2ncccc12)C12CC3CC(CC(C3)C1)C2. The smallest absolute Gasteiger partial charge is 0.230 e. The van der Waals surface area contributed by atoms with Gasteiger partial charge in [-0.3, -0.25) is 14.8 Å². The molecule has 1 amide bonds. The molecular formula is C23H23N3O. The first-order valence-corrected chi connectivity index (χ1v) is 10.1. The van der Waals surface area contributed by atoms with Gasteiger partial charge in [0.25, 0.3) is 0 Å². The third-order valence-electron chi connectivity index (χ3n) is 7.23. The highest BCUT2D eigenvalue weighted by molar-refractivity contribution is 6.12. The average molecular weight is 357 g/mol. The molecule has 27 heavy (non-hydrogen) atoms. The van der Waals surface area contributed by atoms with Gasteiger partial charge in [-0.25, -0.2) is 0 Å². The lowest BCUT2D eigenvalue weighted by atomic mass is 9.49. The molecule has 0 unspecified atom stereocenters. The van der Waals surface area contributed by atoms with E-state index in [9.17, 15) is 4.79 Å². The van der Waals surface area contributed by atoms with Gasteiger partial charge in [0, 0.05) is 23.2 Å². The molecule has 4 aliphatic carbocycles. The van der Waals surface area contributed by atoms with E-state index in [1.165, 1.54) is 19.3 Å². The van der Waals surface area contributed by atoms with Crippen molar-refractivity contribution in [3.8, 4) is 0 Å². The summed E-state index contributed by atoms with van der Waals surface area (Å²) in [7, 11) is 0. The van der Waals surface area contributed by atoms with E-state index in [1.807, 2.05) is 24.3 Å². The Morgan fingerprint density at radius 1 is 0.926 bits per heavy atom. The topological polar surface area (TPSA) is 54.9 Å². The van der Waals surface area contributed by atoms with Crippen LogP contribution in [0.1, 0.15) is 38.5 Å². The van der Waals surface area contributed by atoms with Crippen LogP contribution < -0.4 is 5.32 Å². The molecule has 4 fully saturated rings. The largest absolute Gasteiger partial charge is 0.325 e. The zero-order chi connectivity index (χ0) is 18.0. The van der Waals surface area contributed by atoms with Crippen LogP contribution in [0.15, 0.2) is 42.7 Å². The number of anilines is 1. The number of aromatic nitrogens is 2. The molecule has 4 heteroatoms. The summed E-state index contributed by atoms with van der Waals surface area (Å²) in [5.41, 5.74) is 2.48. The van der Waals surface area contributed by atoms with Crippen LogP contribution in [-0.2, 0) is 4.79 Å². The molecule has 4 bridgehead atoms. The molecule has 0 aliphatic heterocycles. The highest BCUT2D eigenvalue weighted by atomic mass is 16.2. The van der Waals surface area contributed by atoms with Crippen LogP contribution >= 0.6 is 0 Å². The lowest BCUT2D eigenvalue weighted by Gasteiger charge is -2.55. The predicted molar refractivity (Wildman–Crippen MR) is 106 cm³/mol. The van der Waals surface area contributed by atoms with E-state index in [-0.39, 0.29) is 11.3 Å². The number of fused-ring (bicyclic) bond motifs is 3. The Morgan fingerprint density at radius 3 is 2.26 bits per heavy atom. The van der Waals surface area contributed by atoms with Gasteiger partial charge < -0.3 is 5.32 Å². The van der Waals surface area contributed by atoms with Crippen molar-refractivity contribution in [2.24, 2.45) is 23.2 Å². The molecule has 4 saturated carbocycles. The second-order valence-electron chi connectivity index (χ2n) is 9.05. The fourth-order valence-corrected chi connectivity index (χ4v) is 6.52. The normalized spacial score (nSPS) is 31.5. The van der Waals surface area contributed by atoms with Crippen LogP contribution in [0.4, 0.5) is 5.69 Å². The van der Waals surface area contributed by atoms with Crippen molar-refractivity contribution in [1.82, 2.24) is 9.97 Å². The molecular weight excluding hydrogens is 334 g/mol. The number of hydrogen-bond acceptors (Lipinski definition) is 3. The molecule has 3 aromatic rings. The van der Waals surface area contributed by atoms with Crippen LogP contribution in [0.5, 0.6) is 0 Å². The van der Waals surface area contributed by atoms with Crippen LogP contribution in [-0.4, -0.2) is 15.9 Å². The lowest BCUT2D eigenvalue weighted by molar-refractivity contribution is -0.140. The number of carbonyl (C=O) groups is 1. The van der Waals surface area contributed by atoms with Crippen LogP contribution in [0, 0.1) is 23.2 Å². The molecule has 2 heterocycles. The molecule has 0 spiro atoms. The van der Waals surface area contributed by atoms with Crippen molar-refractivity contribution in [3.63, 3.8) is 0 Å². The van der Waals surface area contributed by atoms with Gasteiger partial charge in [-0.05, 0) is 80.5 Å². The number of pyridine rings is 2. The zero-order valence-corrected chi connectivity index (χ0v) is 15.3. The molecule has 0 radical (unpaired) electrons. The first-order valence-electron chi connectivity index (χ1n) is 10.1. The monoisotopic (exact) mass is 357 g/mol. The maximum atomic E-state index is 13.5. The van der Waals surface area contributed by atoms with E-state index in [0.717, 1.165) is 64.5 Å². The molecule has 2 aromatic heterocycles. The minimum Gasteiger partial charge on any atom is -0.325 e. The average Bonchev–Trinajstić information content (AvgIpc) is 2.67. The summed E-state index contributed by atoms with van der Waals surface area (Å²) in [6.07, 6.45) is 10.9. The maximum Gasteiger partial charge on any atom is 0.230 e. The van der Waals surface area contributed by atoms with Crippen molar-refractivity contribution in [1.29, 1.82) is 0 Å². The Labute approximate surface area is 158 Å². The fraction of sp³-hybridized carbons (Fsp3) is 0.435. The molecule has 0 atom stereocenters. The van der Waals surface area contributed by atoms with Crippen molar-refractivity contribution < 1.29 is 4.79 Å². The van der Waals surface area contributed by atoms with Gasteiger partial charge in [0.15, 0.2) is 0 Å². The second-order valence-corrected chi connectivity index (χ2v) is 9.05. The van der Waals surface area contributed by atoms with Gasteiger partial charge in [0.2, 0.25) is 5.91 Å². The summed E-state index contributed by atoms with van der Waals surface area (Å²) in [5.74, 6) is 2.53. The highest BCUT2D eigenvalue weighted by Crippen LogP contribution is 2.60. The summed E-state index contributed by atoms with van der Waals surface area (Å²) in [6.45, 7) is 0. The Kier molecular flexibility index (Phi) is 3.17. The van der Waals surface area contributed by atoms with Crippen molar-refractivity contribution in [2.45, 2.75) is 38.5 Å². The number of hydrogen-bond donors (Lipinski definition) is 1. The number of rotatable bonds is 2. The van der Waals surface area contributed by atoms with Crippen LogP contribution in [0.2, 0.25) is 0 Å². The maximum absolute atomic E-state index is 13.5. The Morgan fingerprint density at radius 2 is 1.56 bits per heavy atom. The first kappa shape index (κ1) is 15.6. The summed E-state index contributed by atoms with van der Waals surface area (Å²) in [4.78, 5) is 22.6. The molecule has 1 N–H and O–H groups in total.